The Morgan fingerprint density at radius 3 is 2.59 bits per heavy atom. The van der Waals surface area contributed by atoms with Gasteiger partial charge >= 0.3 is 5.97 Å². The number of halogens is 1. The molecule has 3 rings (SSSR count). The third-order valence-corrected chi connectivity index (χ3v) is 5.03. The van der Waals surface area contributed by atoms with Crippen LogP contribution in [0.4, 0.5) is 0 Å². The van der Waals surface area contributed by atoms with Gasteiger partial charge in [0, 0.05) is 13.0 Å². The van der Waals surface area contributed by atoms with Crippen LogP contribution in [0.5, 0.6) is 0 Å². The summed E-state index contributed by atoms with van der Waals surface area (Å²) in [5.74, 6) is 0.441. The number of hydrogen-bond acceptors (Lipinski definition) is 4. The summed E-state index contributed by atoms with van der Waals surface area (Å²) < 4.78 is 6.83. The van der Waals surface area contributed by atoms with E-state index in [9.17, 15) is 9.90 Å². The number of ether oxygens (including phenoxy) is 1. The van der Waals surface area contributed by atoms with Gasteiger partial charge in [-0.3, -0.25) is 0 Å². The molecule has 1 N–H and O–H groups in total. The zero-order chi connectivity index (χ0) is 20.8. The molecule has 0 radical (unpaired) electrons. The molecule has 150 valence electrons. The van der Waals surface area contributed by atoms with E-state index in [2.05, 4.69) is 4.98 Å². The molecule has 0 amide bonds. The standard InChI is InChI=1S/C23H23ClN2O3/c1-3-4-9-21-25-22(24)20(15-27)26(21)14-16-10-12-17(13-11-16)18-7-5-6-8-19(18)23(28)29-2/h3-8,10-13,27H,9,14-15H2,1-2H3. The molecule has 6 heteroatoms. The molecule has 0 unspecified atom stereocenters. The summed E-state index contributed by atoms with van der Waals surface area (Å²) in [4.78, 5) is 16.4. The van der Waals surface area contributed by atoms with Crippen LogP contribution in [0.1, 0.15) is 34.4 Å². The normalized spacial score (nSPS) is 11.2. The quantitative estimate of drug-likeness (QED) is 0.455. The smallest absolute Gasteiger partial charge is 0.338 e. The van der Waals surface area contributed by atoms with Gasteiger partial charge in [-0.25, -0.2) is 9.78 Å². The van der Waals surface area contributed by atoms with Crippen LogP contribution in [-0.4, -0.2) is 27.7 Å². The number of allylic oxidation sites excluding steroid dienone is 2. The Bertz CT molecular complexity index is 1020. The van der Waals surface area contributed by atoms with Gasteiger partial charge in [0.1, 0.15) is 5.82 Å². The van der Waals surface area contributed by atoms with E-state index in [1.807, 2.05) is 66.1 Å². The van der Waals surface area contributed by atoms with Crippen molar-refractivity contribution < 1.29 is 14.6 Å². The number of benzene rings is 2. The molecule has 2 aromatic carbocycles. The lowest BCUT2D eigenvalue weighted by Gasteiger charge is -2.12. The summed E-state index contributed by atoms with van der Waals surface area (Å²) in [6, 6.07) is 15.3. The maximum absolute atomic E-state index is 12.0. The molecule has 0 saturated carbocycles. The lowest BCUT2D eigenvalue weighted by Crippen LogP contribution is -2.09. The first kappa shape index (κ1) is 20.8. The minimum Gasteiger partial charge on any atom is -0.465 e. The minimum absolute atomic E-state index is 0.174. The van der Waals surface area contributed by atoms with E-state index in [1.54, 1.807) is 6.07 Å². The SMILES string of the molecule is CC=CCc1nc(Cl)c(CO)n1Cc1ccc(-c2ccccc2C(=O)OC)cc1. The van der Waals surface area contributed by atoms with Gasteiger partial charge in [-0.2, -0.15) is 0 Å². The second kappa shape index (κ2) is 9.54. The molecule has 5 nitrogen and oxygen atoms in total. The molecule has 0 aliphatic rings. The predicted octanol–water partition coefficient (Wildman–Crippen LogP) is 4.65. The van der Waals surface area contributed by atoms with Crippen molar-refractivity contribution in [2.45, 2.75) is 26.5 Å². The van der Waals surface area contributed by atoms with Crippen LogP contribution in [0.2, 0.25) is 5.15 Å². The lowest BCUT2D eigenvalue weighted by atomic mass is 9.98. The number of aliphatic hydroxyl groups is 1. The molecule has 0 aliphatic heterocycles. The number of rotatable bonds is 7. The Morgan fingerprint density at radius 2 is 1.93 bits per heavy atom. The third-order valence-electron chi connectivity index (χ3n) is 4.73. The first-order valence-corrected chi connectivity index (χ1v) is 9.69. The van der Waals surface area contributed by atoms with E-state index in [0.717, 1.165) is 22.5 Å². The monoisotopic (exact) mass is 410 g/mol. The second-order valence-electron chi connectivity index (χ2n) is 6.52. The Morgan fingerprint density at radius 1 is 1.21 bits per heavy atom. The number of aliphatic hydroxyl groups excluding tert-OH is 1. The Kier molecular flexibility index (Phi) is 6.86. The molecule has 0 bridgehead atoms. The predicted molar refractivity (Wildman–Crippen MR) is 114 cm³/mol. The number of hydrogen-bond donors (Lipinski definition) is 1. The molecule has 0 aliphatic carbocycles. The highest BCUT2D eigenvalue weighted by atomic mass is 35.5. The molecule has 1 heterocycles. The third kappa shape index (κ3) is 4.58. The first-order valence-electron chi connectivity index (χ1n) is 9.31. The van der Waals surface area contributed by atoms with E-state index < -0.39 is 0 Å². The second-order valence-corrected chi connectivity index (χ2v) is 6.88. The van der Waals surface area contributed by atoms with Crippen LogP contribution >= 0.6 is 11.6 Å². The fourth-order valence-electron chi connectivity index (χ4n) is 3.22. The number of methoxy groups -OCH3 is 1. The van der Waals surface area contributed by atoms with Crippen LogP contribution in [-0.2, 0) is 24.3 Å². The summed E-state index contributed by atoms with van der Waals surface area (Å²) in [6.07, 6.45) is 4.60. The maximum atomic E-state index is 12.0. The number of esters is 1. The van der Waals surface area contributed by atoms with Crippen molar-refractivity contribution >= 4 is 17.6 Å². The van der Waals surface area contributed by atoms with Crippen LogP contribution in [0, 0.1) is 0 Å². The van der Waals surface area contributed by atoms with E-state index in [-0.39, 0.29) is 12.6 Å². The number of imidazole rings is 1. The summed E-state index contributed by atoms with van der Waals surface area (Å²) in [7, 11) is 1.38. The average molecular weight is 411 g/mol. The average Bonchev–Trinajstić information content (AvgIpc) is 3.06. The van der Waals surface area contributed by atoms with Crippen molar-refractivity contribution in [2.75, 3.05) is 7.11 Å². The van der Waals surface area contributed by atoms with Crippen LogP contribution in [0.3, 0.4) is 0 Å². The van der Waals surface area contributed by atoms with Gasteiger partial charge in [0.15, 0.2) is 5.15 Å². The molecular formula is C23H23ClN2O3. The highest BCUT2D eigenvalue weighted by Crippen LogP contribution is 2.26. The highest BCUT2D eigenvalue weighted by Gasteiger charge is 2.15. The van der Waals surface area contributed by atoms with E-state index in [4.69, 9.17) is 16.3 Å². The summed E-state index contributed by atoms with van der Waals surface area (Å²) in [5.41, 5.74) is 3.91. The maximum Gasteiger partial charge on any atom is 0.338 e. The van der Waals surface area contributed by atoms with Gasteiger partial charge in [0.2, 0.25) is 0 Å². The minimum atomic E-state index is -0.362. The zero-order valence-corrected chi connectivity index (χ0v) is 17.2. The van der Waals surface area contributed by atoms with Gasteiger partial charge in [-0.05, 0) is 29.7 Å². The van der Waals surface area contributed by atoms with Crippen molar-refractivity contribution in [3.8, 4) is 11.1 Å². The Balaban J connectivity index is 1.91. The largest absolute Gasteiger partial charge is 0.465 e. The van der Waals surface area contributed by atoms with Gasteiger partial charge in [0.05, 0.1) is 25.0 Å². The number of aromatic nitrogens is 2. The Labute approximate surface area is 175 Å². The fraction of sp³-hybridized carbons (Fsp3) is 0.217. The van der Waals surface area contributed by atoms with E-state index in [0.29, 0.717) is 29.4 Å². The van der Waals surface area contributed by atoms with Crippen molar-refractivity contribution in [3.63, 3.8) is 0 Å². The van der Waals surface area contributed by atoms with Crippen molar-refractivity contribution in [2.24, 2.45) is 0 Å². The van der Waals surface area contributed by atoms with Gasteiger partial charge in [-0.1, -0.05) is 66.2 Å². The van der Waals surface area contributed by atoms with Crippen LogP contribution in [0.25, 0.3) is 11.1 Å². The van der Waals surface area contributed by atoms with Crippen molar-refractivity contribution in [3.05, 3.63) is 88.5 Å². The molecule has 0 atom stereocenters. The molecular weight excluding hydrogens is 388 g/mol. The lowest BCUT2D eigenvalue weighted by molar-refractivity contribution is 0.0601. The first-order chi connectivity index (χ1) is 14.1. The molecule has 1 aromatic heterocycles. The van der Waals surface area contributed by atoms with Crippen LogP contribution < -0.4 is 0 Å². The topological polar surface area (TPSA) is 64.4 Å². The summed E-state index contributed by atoms with van der Waals surface area (Å²) in [5, 5.41) is 10.0. The van der Waals surface area contributed by atoms with Gasteiger partial charge < -0.3 is 14.4 Å². The van der Waals surface area contributed by atoms with Crippen molar-refractivity contribution in [1.82, 2.24) is 9.55 Å². The van der Waals surface area contributed by atoms with Crippen molar-refractivity contribution in [1.29, 1.82) is 0 Å². The molecule has 3 aromatic rings. The fourth-order valence-corrected chi connectivity index (χ4v) is 3.48. The zero-order valence-electron chi connectivity index (χ0n) is 16.4. The van der Waals surface area contributed by atoms with Gasteiger partial charge in [-0.15, -0.1) is 0 Å². The van der Waals surface area contributed by atoms with E-state index in [1.165, 1.54) is 7.11 Å². The molecule has 0 spiro atoms. The van der Waals surface area contributed by atoms with Crippen LogP contribution in [0.15, 0.2) is 60.7 Å². The number of nitrogens with zero attached hydrogens (tertiary/aromatic N) is 2. The molecule has 0 saturated heterocycles. The highest BCUT2D eigenvalue weighted by molar-refractivity contribution is 6.30. The summed E-state index contributed by atoms with van der Waals surface area (Å²) in [6.45, 7) is 2.32. The summed E-state index contributed by atoms with van der Waals surface area (Å²) >= 11 is 6.20. The number of carbonyl (C=O) groups excluding carboxylic acids is 1. The number of carbonyl (C=O) groups is 1. The van der Waals surface area contributed by atoms with Gasteiger partial charge in [0.25, 0.3) is 0 Å². The van der Waals surface area contributed by atoms with E-state index >= 15 is 0 Å². The molecule has 29 heavy (non-hydrogen) atoms. The Hall–Kier alpha value is -2.89. The molecule has 0 fully saturated rings.